The summed E-state index contributed by atoms with van der Waals surface area (Å²) in [6.07, 6.45) is -0.260. The first-order valence-corrected chi connectivity index (χ1v) is 6.67. The first-order valence-electron chi connectivity index (χ1n) is 6.67. The minimum Gasteiger partial charge on any atom is -0.478 e. The van der Waals surface area contributed by atoms with E-state index in [1.54, 1.807) is 20.8 Å². The third kappa shape index (κ3) is 6.27. The van der Waals surface area contributed by atoms with Crippen LogP contribution in [-0.4, -0.2) is 29.3 Å². The van der Waals surface area contributed by atoms with Crippen molar-refractivity contribution in [3.05, 3.63) is 35.1 Å². The van der Waals surface area contributed by atoms with Crippen LogP contribution in [0.25, 0.3) is 0 Å². The Kier molecular flexibility index (Phi) is 5.93. The van der Waals surface area contributed by atoms with Gasteiger partial charge >= 0.3 is 12.1 Å². The van der Waals surface area contributed by atoms with Gasteiger partial charge in [0.15, 0.2) is 0 Å². The Morgan fingerprint density at radius 3 is 2.64 bits per heavy atom. The molecule has 0 aliphatic heterocycles. The topological polar surface area (TPSA) is 75.6 Å². The average Bonchev–Trinajstić information content (AvgIpc) is 2.37. The zero-order valence-electron chi connectivity index (χ0n) is 12.7. The lowest BCUT2D eigenvalue weighted by molar-refractivity contribution is 0.0528. The van der Waals surface area contributed by atoms with Crippen LogP contribution in [0.2, 0.25) is 0 Å². The number of hydrogen-bond donors (Lipinski definition) is 2. The van der Waals surface area contributed by atoms with Gasteiger partial charge in [0, 0.05) is 13.0 Å². The first-order chi connectivity index (χ1) is 10.2. The number of amides is 1. The van der Waals surface area contributed by atoms with Crippen molar-refractivity contribution in [3.8, 4) is 11.8 Å². The number of carboxylic acid groups (broad SMARTS) is 1. The highest BCUT2D eigenvalue weighted by atomic mass is 19.1. The highest BCUT2D eigenvalue weighted by Crippen LogP contribution is 2.09. The monoisotopic (exact) mass is 307 g/mol. The lowest BCUT2D eigenvalue weighted by atomic mass is 10.1. The molecule has 0 saturated carbocycles. The number of benzene rings is 1. The van der Waals surface area contributed by atoms with Crippen LogP contribution in [0.5, 0.6) is 0 Å². The summed E-state index contributed by atoms with van der Waals surface area (Å²) in [6.45, 7) is 5.52. The van der Waals surface area contributed by atoms with Gasteiger partial charge in [0.2, 0.25) is 0 Å². The van der Waals surface area contributed by atoms with E-state index in [2.05, 4.69) is 17.2 Å². The van der Waals surface area contributed by atoms with E-state index in [-0.39, 0.29) is 24.1 Å². The first kappa shape index (κ1) is 17.5. The van der Waals surface area contributed by atoms with E-state index in [0.29, 0.717) is 0 Å². The summed E-state index contributed by atoms with van der Waals surface area (Å²) in [5, 5.41) is 11.3. The molecule has 0 unspecified atom stereocenters. The summed E-state index contributed by atoms with van der Waals surface area (Å²) in [5.41, 5.74) is -0.592. The Labute approximate surface area is 128 Å². The van der Waals surface area contributed by atoms with Gasteiger partial charge in [-0.2, -0.15) is 0 Å². The van der Waals surface area contributed by atoms with Crippen molar-refractivity contribution < 1.29 is 23.8 Å². The molecule has 0 fully saturated rings. The van der Waals surface area contributed by atoms with Crippen LogP contribution < -0.4 is 5.32 Å². The van der Waals surface area contributed by atoms with Gasteiger partial charge in [-0.15, -0.1) is 0 Å². The van der Waals surface area contributed by atoms with Crippen LogP contribution in [0.4, 0.5) is 9.18 Å². The number of alkyl carbamates (subject to hydrolysis) is 1. The number of carboxylic acids is 1. The van der Waals surface area contributed by atoms with Crippen molar-refractivity contribution in [2.45, 2.75) is 32.8 Å². The van der Waals surface area contributed by atoms with Crippen molar-refractivity contribution >= 4 is 12.1 Å². The molecule has 1 aromatic carbocycles. The lowest BCUT2D eigenvalue weighted by Gasteiger charge is -2.19. The second kappa shape index (κ2) is 7.46. The Hall–Kier alpha value is -2.55. The minimum atomic E-state index is -1.14. The van der Waals surface area contributed by atoms with E-state index in [9.17, 15) is 14.0 Å². The van der Waals surface area contributed by atoms with Crippen molar-refractivity contribution in [2.24, 2.45) is 0 Å². The third-order valence-corrected chi connectivity index (χ3v) is 2.35. The third-order valence-electron chi connectivity index (χ3n) is 2.35. The second-order valence-corrected chi connectivity index (χ2v) is 5.48. The molecular weight excluding hydrogens is 289 g/mol. The molecule has 6 heteroatoms. The molecule has 0 aromatic heterocycles. The van der Waals surface area contributed by atoms with Crippen molar-refractivity contribution in [1.82, 2.24) is 5.32 Å². The largest absolute Gasteiger partial charge is 0.478 e. The SMILES string of the molecule is CC(C)(C)OC(=O)NCCC#Cc1cc(C(=O)O)ccc1F. The molecule has 0 atom stereocenters. The molecule has 0 heterocycles. The molecule has 1 amide bonds. The van der Waals surface area contributed by atoms with Crippen LogP contribution in [-0.2, 0) is 4.74 Å². The Morgan fingerprint density at radius 1 is 1.36 bits per heavy atom. The second-order valence-electron chi connectivity index (χ2n) is 5.48. The number of ether oxygens (including phenoxy) is 1. The molecule has 22 heavy (non-hydrogen) atoms. The normalized spacial score (nSPS) is 10.4. The summed E-state index contributed by atoms with van der Waals surface area (Å²) in [7, 11) is 0. The summed E-state index contributed by atoms with van der Waals surface area (Å²) < 4.78 is 18.5. The minimum absolute atomic E-state index is 0.0113. The average molecular weight is 307 g/mol. The van der Waals surface area contributed by atoms with E-state index in [0.717, 1.165) is 6.07 Å². The van der Waals surface area contributed by atoms with Crippen LogP contribution in [0.15, 0.2) is 18.2 Å². The standard InChI is InChI=1S/C16H18FNO4/c1-16(2,3)22-15(21)18-9-5-4-6-11-10-12(14(19)20)7-8-13(11)17/h7-8,10H,5,9H2,1-3H3,(H,18,21)(H,19,20). The lowest BCUT2D eigenvalue weighted by Crippen LogP contribution is -2.32. The van der Waals surface area contributed by atoms with Gasteiger partial charge in [0.25, 0.3) is 0 Å². The number of rotatable bonds is 3. The molecule has 0 saturated heterocycles. The maximum atomic E-state index is 13.5. The molecule has 0 bridgehead atoms. The fourth-order valence-electron chi connectivity index (χ4n) is 1.45. The molecule has 0 radical (unpaired) electrons. The van der Waals surface area contributed by atoms with E-state index in [4.69, 9.17) is 9.84 Å². The summed E-state index contributed by atoms with van der Waals surface area (Å²) in [5.74, 6) is 3.49. The van der Waals surface area contributed by atoms with E-state index in [1.165, 1.54) is 12.1 Å². The highest BCUT2D eigenvalue weighted by Gasteiger charge is 2.15. The summed E-state index contributed by atoms with van der Waals surface area (Å²) in [6, 6.07) is 3.41. The Bertz CT molecular complexity index is 623. The van der Waals surface area contributed by atoms with Gasteiger partial charge in [0.05, 0.1) is 11.1 Å². The van der Waals surface area contributed by atoms with Gasteiger partial charge in [-0.3, -0.25) is 0 Å². The van der Waals surface area contributed by atoms with Gasteiger partial charge in [-0.05, 0) is 39.0 Å². The molecular formula is C16H18FNO4. The summed E-state index contributed by atoms with van der Waals surface area (Å²) in [4.78, 5) is 22.2. The van der Waals surface area contributed by atoms with E-state index >= 15 is 0 Å². The Morgan fingerprint density at radius 2 is 2.05 bits per heavy atom. The fourth-order valence-corrected chi connectivity index (χ4v) is 1.45. The molecule has 0 spiro atoms. The number of carbonyl (C=O) groups excluding carboxylic acids is 1. The predicted octanol–water partition coefficient (Wildman–Crippen LogP) is 2.79. The smallest absolute Gasteiger partial charge is 0.407 e. The van der Waals surface area contributed by atoms with E-state index < -0.39 is 23.5 Å². The maximum Gasteiger partial charge on any atom is 0.407 e. The highest BCUT2D eigenvalue weighted by molar-refractivity contribution is 5.88. The molecule has 118 valence electrons. The van der Waals surface area contributed by atoms with Crippen molar-refractivity contribution in [3.63, 3.8) is 0 Å². The quantitative estimate of drug-likeness (QED) is 0.665. The molecule has 2 N–H and O–H groups in total. The van der Waals surface area contributed by atoms with Crippen molar-refractivity contribution in [2.75, 3.05) is 6.54 Å². The molecule has 1 aromatic rings. The molecule has 0 aliphatic rings. The van der Waals surface area contributed by atoms with Crippen LogP contribution in [0.1, 0.15) is 43.1 Å². The van der Waals surface area contributed by atoms with Crippen molar-refractivity contribution in [1.29, 1.82) is 0 Å². The predicted molar refractivity (Wildman–Crippen MR) is 79.1 cm³/mol. The zero-order chi connectivity index (χ0) is 16.8. The number of aromatic carboxylic acids is 1. The van der Waals surface area contributed by atoms with Crippen LogP contribution in [0.3, 0.4) is 0 Å². The number of nitrogens with one attached hydrogen (secondary N) is 1. The van der Waals surface area contributed by atoms with Gasteiger partial charge in [-0.1, -0.05) is 11.8 Å². The molecule has 1 rings (SSSR count). The van der Waals surface area contributed by atoms with Crippen LogP contribution in [0, 0.1) is 17.7 Å². The Balaban J connectivity index is 2.53. The van der Waals surface area contributed by atoms with Crippen LogP contribution >= 0.6 is 0 Å². The molecule has 0 aliphatic carbocycles. The zero-order valence-corrected chi connectivity index (χ0v) is 12.7. The van der Waals surface area contributed by atoms with Gasteiger partial charge < -0.3 is 15.2 Å². The number of halogens is 1. The summed E-state index contributed by atoms with van der Waals surface area (Å²) >= 11 is 0. The number of hydrogen-bond acceptors (Lipinski definition) is 3. The van der Waals surface area contributed by atoms with E-state index in [1.807, 2.05) is 0 Å². The fraction of sp³-hybridized carbons (Fsp3) is 0.375. The van der Waals surface area contributed by atoms with Gasteiger partial charge in [0.1, 0.15) is 11.4 Å². The number of carbonyl (C=O) groups is 2. The van der Waals surface area contributed by atoms with Gasteiger partial charge in [-0.25, -0.2) is 14.0 Å². The maximum absolute atomic E-state index is 13.5. The molecule has 5 nitrogen and oxygen atoms in total.